The molecule has 304 valence electrons. The summed E-state index contributed by atoms with van der Waals surface area (Å²) < 4.78 is 15.4. The Morgan fingerprint density at radius 2 is 1.17 bits per heavy atom. The first-order chi connectivity index (χ1) is 28.9. The molecule has 8 aromatic rings. The number of fused-ring (bicyclic) bond motifs is 6. The van der Waals surface area contributed by atoms with E-state index in [1.807, 2.05) is 131 Å². The van der Waals surface area contributed by atoms with Gasteiger partial charge in [-0.05, 0) is 35.4 Å². The van der Waals surface area contributed by atoms with Gasteiger partial charge in [0.05, 0.1) is 17.4 Å². The molecule has 0 fully saturated rings. The zero-order valence-electron chi connectivity index (χ0n) is 31.4. The molecule has 0 saturated carbocycles. The number of aromatic carboxylic acids is 1. The first kappa shape index (κ1) is 40.3. The zero-order chi connectivity index (χ0) is 40.6. The number of aromatic nitrogens is 10. The second-order valence-corrected chi connectivity index (χ2v) is 13.3. The van der Waals surface area contributed by atoms with Gasteiger partial charge in [0.1, 0.15) is 54.1 Å². The smallest absolute Gasteiger partial charge is 0.375 e. The van der Waals surface area contributed by atoms with Crippen LogP contribution in [0.25, 0.3) is 11.4 Å². The summed E-state index contributed by atoms with van der Waals surface area (Å²) in [4.78, 5) is 40.1. The fourth-order valence-electron chi connectivity index (χ4n) is 6.48. The van der Waals surface area contributed by atoms with Crippen molar-refractivity contribution in [3.05, 3.63) is 180 Å². The largest absolute Gasteiger partial charge is 0.489 e. The number of nitrogens with zero attached hydrogens (tertiary/aromatic N) is 8. The Kier molecular flexibility index (Phi) is 12.5. The number of hydrogen-bond donors (Lipinski definition) is 5. The van der Waals surface area contributed by atoms with Gasteiger partial charge in [0, 0.05) is 37.6 Å². The lowest BCUT2D eigenvalue weighted by atomic mass is 10.1. The van der Waals surface area contributed by atoms with E-state index in [9.17, 15) is 9.59 Å². The number of H-pyrrole nitrogens is 2. The van der Waals surface area contributed by atoms with Crippen LogP contribution >= 0.6 is 0 Å². The minimum atomic E-state index is -1.12. The van der Waals surface area contributed by atoms with Crippen LogP contribution in [0.4, 0.5) is 0 Å². The van der Waals surface area contributed by atoms with Crippen LogP contribution in [-0.4, -0.2) is 79.7 Å². The quantitative estimate of drug-likeness (QED) is 0.136. The third-order valence-corrected chi connectivity index (χ3v) is 9.25. The fourth-order valence-corrected chi connectivity index (χ4v) is 6.48. The number of imidazole rings is 2. The van der Waals surface area contributed by atoms with Gasteiger partial charge in [-0.25, -0.2) is 24.7 Å². The summed E-state index contributed by atoms with van der Waals surface area (Å²) in [5.41, 5.74) is 10.00. The number of hydrogen-bond acceptors (Lipinski definition) is 11. The normalized spacial score (nSPS) is 14.4. The van der Waals surface area contributed by atoms with E-state index in [1.165, 1.54) is 0 Å². The highest BCUT2D eigenvalue weighted by atomic mass is 16.5. The lowest BCUT2D eigenvalue weighted by Crippen LogP contribution is -2.33. The molecule has 0 saturated heterocycles. The minimum Gasteiger partial charge on any atom is -0.489 e. The van der Waals surface area contributed by atoms with Gasteiger partial charge in [-0.3, -0.25) is 24.1 Å². The van der Waals surface area contributed by atoms with E-state index in [1.54, 1.807) is 12.4 Å². The lowest BCUT2D eigenvalue weighted by Gasteiger charge is -2.15. The van der Waals surface area contributed by atoms with Crippen LogP contribution in [0.3, 0.4) is 0 Å². The molecule has 10 rings (SSSR count). The number of carboxylic acid groups (broad SMARTS) is 1. The molecule has 4 aromatic heterocycles. The number of nitrogens with one attached hydrogen (secondary N) is 3. The van der Waals surface area contributed by atoms with Gasteiger partial charge in [0.15, 0.2) is 0 Å². The van der Waals surface area contributed by atoms with E-state index >= 15 is 0 Å². The minimum absolute atomic E-state index is 0. The molecule has 4 aromatic carbocycles. The van der Waals surface area contributed by atoms with Crippen molar-refractivity contribution in [2.75, 3.05) is 13.2 Å². The highest BCUT2D eigenvalue weighted by Gasteiger charge is 2.27. The molecule has 2 atom stereocenters. The number of ether oxygens (including phenoxy) is 2. The second kappa shape index (κ2) is 18.6. The third kappa shape index (κ3) is 9.27. The molecule has 17 nitrogen and oxygen atoms in total. The van der Waals surface area contributed by atoms with Gasteiger partial charge in [-0.15, -0.1) is 10.2 Å². The van der Waals surface area contributed by atoms with Gasteiger partial charge >= 0.3 is 5.97 Å². The molecule has 2 aliphatic rings. The van der Waals surface area contributed by atoms with Crippen molar-refractivity contribution in [2.45, 2.75) is 32.4 Å². The summed E-state index contributed by atoms with van der Waals surface area (Å²) in [6, 6.07) is 34.5. The number of nitrogens with two attached hydrogens (primary N) is 1. The summed E-state index contributed by atoms with van der Waals surface area (Å²) in [6.45, 7) is 0.731. The summed E-state index contributed by atoms with van der Waals surface area (Å²) >= 11 is 0. The first-order valence-corrected chi connectivity index (χ1v) is 18.6. The third-order valence-electron chi connectivity index (χ3n) is 9.25. The molecule has 0 radical (unpaired) electrons. The number of benzene rings is 4. The molecule has 1 amide bonds. The van der Waals surface area contributed by atoms with E-state index in [2.05, 4.69) is 45.6 Å². The van der Waals surface area contributed by atoms with Gasteiger partial charge in [-0.2, -0.15) is 0 Å². The van der Waals surface area contributed by atoms with Crippen LogP contribution in [0.1, 0.15) is 75.2 Å². The van der Waals surface area contributed by atoms with Crippen LogP contribution in [0, 0.1) is 0 Å². The molecule has 6 heterocycles. The monoisotopic (exact) mass is 806 g/mol. The summed E-state index contributed by atoms with van der Waals surface area (Å²) in [5, 5.41) is 24.6. The standard InChI is InChI=1S/C21H18N6O2.C11H11N3O.C10H9N3O2.CH4/c28-21(19-24-18(25-26-19)12-14-6-2-1-3-7-14)23-15-13-29-17-9-5-4-8-16(17)27-11-10-22-20(15)27;12-8-7-15-10-4-2-1-3-9(10)14-6-5-13-11(8)14;14-10(15)9-11-8(12-13-9)6-7-4-2-1-3-5-7;/h1-11,15H,12-13H2,(H,23,28)(H,24,25,26);1-6,8H,7,12H2;1-5H,6H2,(H,14,15)(H,11,12,13);1H4/t15-;8-;;/m11../s1. The maximum absolute atomic E-state index is 12.7. The van der Waals surface area contributed by atoms with Crippen molar-refractivity contribution in [1.29, 1.82) is 0 Å². The Morgan fingerprint density at radius 3 is 1.73 bits per heavy atom. The van der Waals surface area contributed by atoms with E-state index in [-0.39, 0.29) is 37.6 Å². The predicted octanol–water partition coefficient (Wildman–Crippen LogP) is 5.44. The van der Waals surface area contributed by atoms with Crippen molar-refractivity contribution < 1.29 is 24.2 Å². The Hall–Kier alpha value is -7.92. The van der Waals surface area contributed by atoms with Crippen molar-refractivity contribution >= 4 is 11.9 Å². The topological polar surface area (TPSA) is 230 Å². The average Bonchev–Trinajstić information content (AvgIpc) is 4.10. The number of carbonyl (C=O) groups excluding carboxylic acids is 1. The predicted molar refractivity (Wildman–Crippen MR) is 220 cm³/mol. The molecule has 0 spiro atoms. The molecular weight excluding hydrogens is 765 g/mol. The fraction of sp³-hybridized carbons (Fsp3) is 0.163. The van der Waals surface area contributed by atoms with E-state index in [0.29, 0.717) is 36.9 Å². The molecule has 0 bridgehead atoms. The van der Waals surface area contributed by atoms with Crippen LogP contribution < -0.4 is 20.5 Å². The van der Waals surface area contributed by atoms with E-state index in [4.69, 9.17) is 20.3 Å². The van der Waals surface area contributed by atoms with Crippen LogP contribution in [0.15, 0.2) is 134 Å². The van der Waals surface area contributed by atoms with Crippen LogP contribution in [-0.2, 0) is 12.8 Å². The Morgan fingerprint density at radius 1 is 0.683 bits per heavy atom. The van der Waals surface area contributed by atoms with Crippen molar-refractivity contribution in [1.82, 2.24) is 54.8 Å². The van der Waals surface area contributed by atoms with Crippen molar-refractivity contribution in [3.8, 4) is 22.9 Å². The average molecular weight is 807 g/mol. The number of amides is 1. The van der Waals surface area contributed by atoms with Gasteiger partial charge in [0.25, 0.3) is 11.7 Å². The summed E-state index contributed by atoms with van der Waals surface area (Å²) in [5.74, 6) is 2.72. The molecule has 17 heteroatoms. The molecule has 0 aliphatic carbocycles. The first-order valence-electron chi connectivity index (χ1n) is 18.6. The number of carboxylic acids is 1. The number of rotatable bonds is 7. The number of aromatic amines is 2. The number of carbonyl (C=O) groups is 2. The Balaban J connectivity index is 0.000000148. The summed E-state index contributed by atoms with van der Waals surface area (Å²) in [7, 11) is 0. The SMILES string of the molecule is C.N[C@@H]1COc2ccccc2-n2ccnc21.O=C(N[C@@H]1COc2ccccc2-n2ccnc21)c1n[nH]c(Cc2ccccc2)n1.O=C(O)c1n[nH]c(Cc2ccccc2)n1. The van der Waals surface area contributed by atoms with E-state index in [0.717, 1.165) is 39.8 Å². The second-order valence-electron chi connectivity index (χ2n) is 13.3. The summed E-state index contributed by atoms with van der Waals surface area (Å²) in [6.07, 6.45) is 8.36. The molecule has 2 aliphatic heterocycles. The molecule has 60 heavy (non-hydrogen) atoms. The van der Waals surface area contributed by atoms with Crippen LogP contribution in [0.5, 0.6) is 11.5 Å². The van der Waals surface area contributed by atoms with E-state index < -0.39 is 12.0 Å². The lowest BCUT2D eigenvalue weighted by molar-refractivity contribution is 0.0683. The van der Waals surface area contributed by atoms with Gasteiger partial charge in [-0.1, -0.05) is 92.4 Å². The van der Waals surface area contributed by atoms with Gasteiger partial charge < -0.3 is 25.6 Å². The van der Waals surface area contributed by atoms with Crippen molar-refractivity contribution in [2.24, 2.45) is 5.73 Å². The number of para-hydroxylation sites is 4. The van der Waals surface area contributed by atoms with Crippen LogP contribution in [0.2, 0.25) is 0 Å². The molecular formula is C43H42N12O5. The molecule has 0 unspecified atom stereocenters. The molecule has 6 N–H and O–H groups in total. The van der Waals surface area contributed by atoms with Crippen molar-refractivity contribution in [3.63, 3.8) is 0 Å². The van der Waals surface area contributed by atoms with Gasteiger partial charge in [0.2, 0.25) is 5.82 Å². The Labute approximate surface area is 344 Å². The highest BCUT2D eigenvalue weighted by molar-refractivity contribution is 5.90. The zero-order valence-corrected chi connectivity index (χ0v) is 31.4. The maximum Gasteiger partial charge on any atom is 0.375 e. The Bertz CT molecular complexity index is 2650. The maximum atomic E-state index is 12.7. The highest BCUT2D eigenvalue weighted by Crippen LogP contribution is 2.31.